The minimum atomic E-state index is -0.193. The number of imidazole rings is 1. The first-order valence-electron chi connectivity index (χ1n) is 6.68. The Labute approximate surface area is 123 Å². The number of H-pyrrole nitrogens is 1. The molecule has 0 aliphatic carbocycles. The molecule has 0 unspecified atom stereocenters. The number of hydrogen-bond acceptors (Lipinski definition) is 6. The Bertz CT molecular complexity index is 964. The van der Waals surface area contributed by atoms with Gasteiger partial charge in [0.1, 0.15) is 0 Å². The maximum atomic E-state index is 12.1. The number of hydrogen-bond donors (Lipinski definition) is 1. The molecule has 0 radical (unpaired) electrons. The maximum absolute atomic E-state index is 12.1. The first-order valence-corrected chi connectivity index (χ1v) is 6.68. The molecule has 4 aromatic heterocycles. The molecule has 0 aromatic carbocycles. The van der Waals surface area contributed by atoms with Crippen molar-refractivity contribution < 1.29 is 4.52 Å². The second kappa shape index (κ2) is 4.95. The Kier molecular flexibility index (Phi) is 2.81. The largest absolute Gasteiger partial charge is 0.350 e. The summed E-state index contributed by atoms with van der Waals surface area (Å²) in [6, 6.07) is 5.40. The van der Waals surface area contributed by atoms with Gasteiger partial charge in [-0.1, -0.05) is 11.2 Å². The van der Waals surface area contributed by atoms with E-state index in [1.807, 2.05) is 6.07 Å². The van der Waals surface area contributed by atoms with Gasteiger partial charge in [-0.05, 0) is 12.1 Å². The van der Waals surface area contributed by atoms with E-state index >= 15 is 0 Å². The van der Waals surface area contributed by atoms with Crippen LogP contribution in [0, 0.1) is 0 Å². The van der Waals surface area contributed by atoms with Crippen LogP contribution in [0.15, 0.2) is 46.1 Å². The number of aromatic nitrogens is 7. The first kappa shape index (κ1) is 12.5. The summed E-state index contributed by atoms with van der Waals surface area (Å²) in [6.07, 6.45) is 5.39. The maximum Gasteiger partial charge on any atom is 0.350 e. The van der Waals surface area contributed by atoms with Crippen LogP contribution in [0.25, 0.3) is 17.3 Å². The van der Waals surface area contributed by atoms with E-state index in [9.17, 15) is 4.79 Å². The lowest BCUT2D eigenvalue weighted by molar-refractivity contribution is 0.368. The summed E-state index contributed by atoms with van der Waals surface area (Å²) < 4.78 is 8.02. The van der Waals surface area contributed by atoms with Gasteiger partial charge in [0.2, 0.25) is 11.7 Å². The summed E-state index contributed by atoms with van der Waals surface area (Å²) >= 11 is 0. The topological polar surface area (TPSA) is 107 Å². The first-order chi connectivity index (χ1) is 10.8. The lowest BCUT2D eigenvalue weighted by atomic mass is 10.4. The van der Waals surface area contributed by atoms with Crippen molar-refractivity contribution in [3.63, 3.8) is 0 Å². The molecule has 1 N–H and O–H groups in total. The van der Waals surface area contributed by atoms with E-state index in [0.717, 1.165) is 0 Å². The van der Waals surface area contributed by atoms with E-state index in [2.05, 4.69) is 25.2 Å². The molecule has 0 saturated heterocycles. The van der Waals surface area contributed by atoms with Crippen LogP contribution in [-0.4, -0.2) is 34.3 Å². The van der Waals surface area contributed by atoms with E-state index in [1.165, 1.54) is 9.08 Å². The van der Waals surface area contributed by atoms with Gasteiger partial charge in [0.25, 0.3) is 0 Å². The molecular weight excluding hydrogens is 286 g/mol. The third kappa shape index (κ3) is 2.08. The number of fused-ring (bicyclic) bond motifs is 1. The van der Waals surface area contributed by atoms with Crippen molar-refractivity contribution in [1.82, 2.24) is 34.3 Å². The van der Waals surface area contributed by atoms with Crippen LogP contribution < -0.4 is 5.69 Å². The van der Waals surface area contributed by atoms with Crippen molar-refractivity contribution >= 4 is 5.65 Å². The predicted molar refractivity (Wildman–Crippen MR) is 75.0 cm³/mol. The molecule has 4 heterocycles. The van der Waals surface area contributed by atoms with Crippen molar-refractivity contribution in [2.45, 2.75) is 13.0 Å². The normalized spacial score (nSPS) is 11.3. The Morgan fingerprint density at radius 2 is 2.27 bits per heavy atom. The van der Waals surface area contributed by atoms with E-state index in [4.69, 9.17) is 4.52 Å². The van der Waals surface area contributed by atoms with Crippen LogP contribution in [0.5, 0.6) is 0 Å². The summed E-state index contributed by atoms with van der Waals surface area (Å²) in [4.78, 5) is 23.3. The van der Waals surface area contributed by atoms with Gasteiger partial charge in [-0.15, -0.1) is 5.10 Å². The van der Waals surface area contributed by atoms with Crippen LogP contribution in [-0.2, 0) is 13.0 Å². The third-order valence-electron chi connectivity index (χ3n) is 3.20. The Morgan fingerprint density at radius 1 is 1.32 bits per heavy atom. The summed E-state index contributed by atoms with van der Waals surface area (Å²) in [6.45, 7) is 0.361. The highest BCUT2D eigenvalue weighted by Crippen LogP contribution is 2.10. The van der Waals surface area contributed by atoms with Gasteiger partial charge in [-0.25, -0.2) is 14.5 Å². The van der Waals surface area contributed by atoms with E-state index in [0.29, 0.717) is 36.2 Å². The van der Waals surface area contributed by atoms with Crippen LogP contribution in [0.3, 0.4) is 0 Å². The fourth-order valence-corrected chi connectivity index (χ4v) is 2.16. The highest BCUT2D eigenvalue weighted by atomic mass is 16.5. The smallest absolute Gasteiger partial charge is 0.342 e. The number of aryl methyl sites for hydroxylation is 2. The van der Waals surface area contributed by atoms with Crippen molar-refractivity contribution in [3.8, 4) is 11.6 Å². The lowest BCUT2D eigenvalue weighted by Crippen LogP contribution is -2.22. The van der Waals surface area contributed by atoms with Crippen molar-refractivity contribution in [2.75, 3.05) is 0 Å². The molecule has 0 amide bonds. The number of nitrogens with one attached hydrogen (secondary N) is 1. The molecule has 22 heavy (non-hydrogen) atoms. The molecule has 0 saturated carbocycles. The van der Waals surface area contributed by atoms with Crippen LogP contribution in [0.1, 0.15) is 5.89 Å². The third-order valence-corrected chi connectivity index (χ3v) is 3.20. The van der Waals surface area contributed by atoms with Crippen molar-refractivity contribution in [1.29, 1.82) is 0 Å². The lowest BCUT2D eigenvalue weighted by Gasteiger charge is -1.94. The standard InChI is InChI=1S/C13H11N7O2/c21-13-19-7-2-1-3-9(19)17-20(13)8-4-10-16-12(18-22-10)11-14-5-6-15-11/h1-3,5-7H,4,8H2,(H,14,15). The SMILES string of the molecule is O=c1n(CCc2nc(-c3ncc[nH]3)no2)nc2ccccn12. The van der Waals surface area contributed by atoms with Gasteiger partial charge < -0.3 is 9.51 Å². The Hall–Kier alpha value is -3.23. The minimum Gasteiger partial charge on any atom is -0.342 e. The van der Waals surface area contributed by atoms with Gasteiger partial charge in [0, 0.05) is 25.0 Å². The summed E-state index contributed by atoms with van der Waals surface area (Å²) in [5.74, 6) is 1.36. The average Bonchev–Trinajstić information content (AvgIpc) is 3.26. The monoisotopic (exact) mass is 297 g/mol. The zero-order valence-electron chi connectivity index (χ0n) is 11.4. The van der Waals surface area contributed by atoms with Gasteiger partial charge in [0.05, 0.1) is 6.54 Å². The summed E-state index contributed by atoms with van der Waals surface area (Å²) in [7, 11) is 0. The second-order valence-corrected chi connectivity index (χ2v) is 4.63. The second-order valence-electron chi connectivity index (χ2n) is 4.63. The Balaban J connectivity index is 1.55. The molecule has 9 nitrogen and oxygen atoms in total. The number of aromatic amines is 1. The molecule has 0 bridgehead atoms. The molecule has 4 aromatic rings. The fraction of sp³-hybridized carbons (Fsp3) is 0.154. The highest BCUT2D eigenvalue weighted by molar-refractivity contribution is 5.40. The molecule has 4 rings (SSSR count). The van der Waals surface area contributed by atoms with Gasteiger partial charge in [0.15, 0.2) is 11.5 Å². The summed E-state index contributed by atoms with van der Waals surface area (Å²) in [5.41, 5.74) is 0.413. The van der Waals surface area contributed by atoms with Gasteiger partial charge in [-0.2, -0.15) is 4.98 Å². The molecule has 110 valence electrons. The quantitative estimate of drug-likeness (QED) is 0.588. The fourth-order valence-electron chi connectivity index (χ4n) is 2.16. The predicted octanol–water partition coefficient (Wildman–Crippen LogP) is 0.512. The van der Waals surface area contributed by atoms with Gasteiger partial charge in [-0.3, -0.25) is 4.40 Å². The molecule has 0 spiro atoms. The highest BCUT2D eigenvalue weighted by Gasteiger charge is 2.12. The Morgan fingerprint density at radius 3 is 3.09 bits per heavy atom. The van der Waals surface area contributed by atoms with E-state index < -0.39 is 0 Å². The zero-order chi connectivity index (χ0) is 14.9. The van der Waals surface area contributed by atoms with Crippen LogP contribution in [0.4, 0.5) is 0 Å². The molecule has 0 aliphatic rings. The zero-order valence-corrected chi connectivity index (χ0v) is 11.4. The summed E-state index contributed by atoms with van der Waals surface area (Å²) in [5, 5.41) is 8.09. The van der Waals surface area contributed by atoms with Crippen LogP contribution >= 0.6 is 0 Å². The molecular formula is C13H11N7O2. The number of pyridine rings is 1. The number of rotatable bonds is 4. The average molecular weight is 297 g/mol. The molecule has 0 atom stereocenters. The van der Waals surface area contributed by atoms with E-state index in [1.54, 1.807) is 30.7 Å². The molecule has 0 fully saturated rings. The number of nitrogens with zero attached hydrogens (tertiary/aromatic N) is 6. The van der Waals surface area contributed by atoms with Crippen molar-refractivity contribution in [3.05, 3.63) is 53.2 Å². The van der Waals surface area contributed by atoms with E-state index in [-0.39, 0.29) is 5.69 Å². The van der Waals surface area contributed by atoms with Crippen LogP contribution in [0.2, 0.25) is 0 Å². The van der Waals surface area contributed by atoms with Crippen molar-refractivity contribution in [2.24, 2.45) is 0 Å². The van der Waals surface area contributed by atoms with Gasteiger partial charge >= 0.3 is 5.69 Å². The molecule has 0 aliphatic heterocycles. The minimum absolute atomic E-state index is 0.193. The molecule has 9 heteroatoms.